The number of aromatic nitrogens is 1. The van der Waals surface area contributed by atoms with Crippen LogP contribution in [-0.4, -0.2) is 64.7 Å². The Hall–Kier alpha value is -4.54. The van der Waals surface area contributed by atoms with Crippen LogP contribution in [0, 0.1) is 11.8 Å². The summed E-state index contributed by atoms with van der Waals surface area (Å²) in [7, 11) is -5.88. The minimum Gasteiger partial charge on any atom is -0.460 e. The van der Waals surface area contributed by atoms with Gasteiger partial charge < -0.3 is 18.3 Å². The molecule has 2 unspecified atom stereocenters. The van der Waals surface area contributed by atoms with Gasteiger partial charge in [-0.2, -0.15) is 4.57 Å². The molecular weight excluding hydrogens is 721 g/mol. The van der Waals surface area contributed by atoms with Crippen LogP contribution in [0.15, 0.2) is 107 Å². The van der Waals surface area contributed by atoms with Crippen molar-refractivity contribution in [3.63, 3.8) is 0 Å². The van der Waals surface area contributed by atoms with E-state index in [0.717, 1.165) is 5.56 Å². The lowest BCUT2D eigenvalue weighted by Crippen LogP contribution is -2.43. The lowest BCUT2D eigenvalue weighted by Gasteiger charge is -2.38. The molecule has 0 amide bonds. The number of esters is 2. The third-order valence-electron chi connectivity index (χ3n) is 9.94. The van der Waals surface area contributed by atoms with Gasteiger partial charge in [-0.05, 0) is 61.3 Å². The average molecular weight is 772 g/mol. The molecule has 4 atom stereocenters. The molecule has 1 aliphatic rings. The molecule has 0 spiro atoms. The molecular formula is C42H51N2O8SSi+. The van der Waals surface area contributed by atoms with Crippen LogP contribution in [0.25, 0.3) is 0 Å². The fourth-order valence-electron chi connectivity index (χ4n) is 5.87. The van der Waals surface area contributed by atoms with Crippen LogP contribution in [-0.2, 0) is 48.0 Å². The second-order valence-electron chi connectivity index (χ2n) is 14.9. The highest BCUT2D eigenvalue weighted by Crippen LogP contribution is 2.44. The summed E-state index contributed by atoms with van der Waals surface area (Å²) in [5.74, 6) is 5.63. The maximum absolute atomic E-state index is 13.4. The van der Waals surface area contributed by atoms with Crippen molar-refractivity contribution in [1.82, 2.24) is 4.90 Å². The molecule has 10 nitrogen and oxygen atoms in total. The number of carbonyl (C=O) groups excluding carboxylic acids is 2. The molecule has 0 N–H and O–H groups in total. The molecule has 4 aromatic rings. The fraction of sp³-hybridized carbons (Fsp3) is 0.405. The molecule has 1 aromatic heterocycles. The van der Waals surface area contributed by atoms with Crippen LogP contribution in [0.2, 0.25) is 18.1 Å². The number of sulfone groups is 1. The first kappa shape index (κ1) is 40.6. The third-order valence-corrected chi connectivity index (χ3v) is 16.1. The van der Waals surface area contributed by atoms with E-state index >= 15 is 0 Å². The smallest absolute Gasteiger partial charge is 0.384 e. The van der Waals surface area contributed by atoms with E-state index < -0.39 is 36.2 Å². The van der Waals surface area contributed by atoms with Crippen molar-refractivity contribution < 1.29 is 40.9 Å². The molecule has 5 rings (SSSR count). The van der Waals surface area contributed by atoms with Gasteiger partial charge in [0.2, 0.25) is 6.20 Å². The van der Waals surface area contributed by atoms with Gasteiger partial charge in [-0.25, -0.2) is 18.0 Å². The zero-order chi connectivity index (χ0) is 38.9. The van der Waals surface area contributed by atoms with Crippen LogP contribution in [0.4, 0.5) is 0 Å². The first-order chi connectivity index (χ1) is 25.7. The van der Waals surface area contributed by atoms with Crippen molar-refractivity contribution in [2.45, 2.75) is 94.8 Å². The Morgan fingerprint density at radius 2 is 1.57 bits per heavy atom. The Bertz CT molecular complexity index is 2040. The lowest BCUT2D eigenvalue weighted by molar-refractivity contribution is -0.704. The third kappa shape index (κ3) is 10.8. The minimum atomic E-state index is -3.60. The molecule has 0 radical (unpaired) electrons. The van der Waals surface area contributed by atoms with Gasteiger partial charge in [0.15, 0.2) is 36.5 Å². The molecule has 0 bridgehead atoms. The van der Waals surface area contributed by atoms with Gasteiger partial charge in [0, 0.05) is 18.9 Å². The predicted molar refractivity (Wildman–Crippen MR) is 207 cm³/mol. The molecule has 0 aliphatic carbocycles. The largest absolute Gasteiger partial charge is 0.460 e. The van der Waals surface area contributed by atoms with E-state index in [1.54, 1.807) is 61.5 Å². The number of rotatable bonds is 16. The highest BCUT2D eigenvalue weighted by Gasteiger charge is 2.56. The molecule has 54 heavy (non-hydrogen) atoms. The van der Waals surface area contributed by atoms with Crippen LogP contribution in [0.1, 0.15) is 67.7 Å². The zero-order valence-electron chi connectivity index (χ0n) is 32.0. The maximum atomic E-state index is 13.4. The van der Waals surface area contributed by atoms with Gasteiger partial charge in [0.05, 0.1) is 23.1 Å². The summed E-state index contributed by atoms with van der Waals surface area (Å²) in [6.07, 6.45) is 2.15. The van der Waals surface area contributed by atoms with E-state index in [9.17, 15) is 18.0 Å². The minimum absolute atomic E-state index is 0.0882. The van der Waals surface area contributed by atoms with E-state index in [2.05, 4.69) is 50.6 Å². The van der Waals surface area contributed by atoms with Crippen LogP contribution >= 0.6 is 0 Å². The quantitative estimate of drug-likeness (QED) is 0.0306. The van der Waals surface area contributed by atoms with E-state index in [1.807, 2.05) is 47.2 Å². The van der Waals surface area contributed by atoms with Crippen LogP contribution in [0.5, 0.6) is 0 Å². The van der Waals surface area contributed by atoms with Crippen molar-refractivity contribution in [1.29, 1.82) is 0 Å². The number of oxazole rings is 1. The van der Waals surface area contributed by atoms with E-state index in [1.165, 1.54) is 0 Å². The Kier molecular flexibility index (Phi) is 13.3. The van der Waals surface area contributed by atoms with E-state index in [-0.39, 0.29) is 47.5 Å². The topological polar surface area (TPSA) is 116 Å². The number of nitrogens with zero attached hydrogens (tertiary/aromatic N) is 2. The number of carbonyl (C=O) groups is 2. The van der Waals surface area contributed by atoms with Gasteiger partial charge in [0.1, 0.15) is 18.5 Å². The van der Waals surface area contributed by atoms with Crippen molar-refractivity contribution in [2.75, 3.05) is 19.0 Å². The number of hydrogen-bond acceptors (Lipinski definition) is 9. The zero-order valence-corrected chi connectivity index (χ0v) is 33.8. The fourth-order valence-corrected chi connectivity index (χ4v) is 8.35. The Morgan fingerprint density at radius 3 is 2.20 bits per heavy atom. The number of ether oxygens (including phenoxy) is 2. The first-order valence-corrected chi connectivity index (χ1v) is 22.9. The molecule has 1 aliphatic heterocycles. The number of benzene rings is 3. The lowest BCUT2D eigenvalue weighted by atomic mass is 10.2. The standard InChI is InChI=1S/C42H51N2O8SSi/c1-7-49-38(45)26-25-34(52-54(5,6)42(2,3)4)23-24-35-30-43(27-28-53(47,48)36-21-15-10-16-22-36)40(51-35)39-37(44(39)29-32-17-11-8-12-18-32)31-50-41(46)33-19-13-9-14-20-33/h8-22,30,34,37,39H,7,23-24,27-29,31H2,1-6H3/q+1/t34?,37-,39-,44?/m0/s1. The van der Waals surface area contributed by atoms with Gasteiger partial charge in [-0.3, -0.25) is 4.90 Å². The number of aryl methyl sites for hydroxylation is 2. The van der Waals surface area contributed by atoms with Crippen molar-refractivity contribution in [3.05, 3.63) is 120 Å². The molecule has 1 saturated heterocycles. The monoisotopic (exact) mass is 771 g/mol. The maximum Gasteiger partial charge on any atom is 0.384 e. The Balaban J connectivity index is 1.44. The van der Waals surface area contributed by atoms with Gasteiger partial charge in [-0.15, -0.1) is 0 Å². The normalized spacial score (nSPS) is 17.6. The van der Waals surface area contributed by atoms with Gasteiger partial charge >= 0.3 is 17.8 Å². The Labute approximate surface area is 320 Å². The van der Waals surface area contributed by atoms with Crippen LogP contribution in [0.3, 0.4) is 0 Å². The summed E-state index contributed by atoms with van der Waals surface area (Å²) in [6, 6.07) is 26.8. The van der Waals surface area contributed by atoms with E-state index in [0.29, 0.717) is 36.6 Å². The summed E-state index contributed by atoms with van der Waals surface area (Å²) in [5.41, 5.74) is 1.54. The van der Waals surface area contributed by atoms with Crippen molar-refractivity contribution >= 4 is 30.1 Å². The van der Waals surface area contributed by atoms with Crippen molar-refractivity contribution in [3.8, 4) is 11.8 Å². The predicted octanol–water partition coefficient (Wildman–Crippen LogP) is 6.71. The number of hydrogen-bond donors (Lipinski definition) is 0. The Morgan fingerprint density at radius 1 is 0.944 bits per heavy atom. The highest BCUT2D eigenvalue weighted by molar-refractivity contribution is 7.91. The second-order valence-corrected chi connectivity index (χ2v) is 21.8. The van der Waals surface area contributed by atoms with Gasteiger partial charge in [-0.1, -0.05) is 93.4 Å². The molecule has 3 aromatic carbocycles. The summed E-state index contributed by atoms with van der Waals surface area (Å²) < 4.78 is 52.8. The molecule has 2 heterocycles. The summed E-state index contributed by atoms with van der Waals surface area (Å²) in [6.45, 7) is 13.5. The highest BCUT2D eigenvalue weighted by atomic mass is 32.2. The second kappa shape index (κ2) is 17.7. The average Bonchev–Trinajstić information content (AvgIpc) is 3.66. The van der Waals surface area contributed by atoms with E-state index in [4.69, 9.17) is 18.3 Å². The molecule has 12 heteroatoms. The molecule has 286 valence electrons. The summed E-state index contributed by atoms with van der Waals surface area (Å²) >= 11 is 0. The van der Waals surface area contributed by atoms with Crippen molar-refractivity contribution in [2.24, 2.45) is 0 Å². The summed E-state index contributed by atoms with van der Waals surface area (Å²) in [4.78, 5) is 27.6. The SMILES string of the molecule is CCOC(=O)C#CC(CCc1c[n+](CCS(=O)(=O)c2ccccc2)c([C@@H]2[C@H](COC(=O)c3ccccc3)N2Cc2ccccc2)o1)O[Si](C)(C)C(C)(C)C. The van der Waals surface area contributed by atoms with Crippen LogP contribution < -0.4 is 4.57 Å². The first-order valence-electron chi connectivity index (χ1n) is 18.4. The molecule has 0 saturated carbocycles. The molecule has 1 fully saturated rings. The van der Waals surface area contributed by atoms with Gasteiger partial charge in [0.25, 0.3) is 0 Å². The summed E-state index contributed by atoms with van der Waals surface area (Å²) in [5, 5.41) is -0.0882.